The highest BCUT2D eigenvalue weighted by Gasteiger charge is 2.33. The van der Waals surface area contributed by atoms with E-state index in [1.54, 1.807) is 0 Å². The van der Waals surface area contributed by atoms with Crippen LogP contribution >= 0.6 is 0 Å². The lowest BCUT2D eigenvalue weighted by atomic mass is 10.2. The van der Waals surface area contributed by atoms with Crippen LogP contribution in [0.4, 0.5) is 37.7 Å². The zero-order chi connectivity index (χ0) is 23.1. The molecule has 2 rings (SSSR count). The Morgan fingerprint density at radius 1 is 0.900 bits per heavy atom. The van der Waals surface area contributed by atoms with E-state index >= 15 is 0 Å². The van der Waals surface area contributed by atoms with E-state index in [2.05, 4.69) is 14.2 Å². The number of hydrogen-bond donors (Lipinski definition) is 3. The van der Waals surface area contributed by atoms with E-state index in [4.69, 9.17) is 16.6 Å². The lowest BCUT2D eigenvalue weighted by Crippen LogP contribution is -2.19. The third kappa shape index (κ3) is 8.34. The van der Waals surface area contributed by atoms with Gasteiger partial charge in [-0.25, -0.2) is 4.79 Å². The molecule has 30 heavy (non-hydrogen) atoms. The zero-order valence-electron chi connectivity index (χ0n) is 15.2. The van der Waals surface area contributed by atoms with Gasteiger partial charge in [-0.3, -0.25) is 0 Å². The van der Waals surface area contributed by atoms with Gasteiger partial charge in [-0.1, -0.05) is 0 Å². The summed E-state index contributed by atoms with van der Waals surface area (Å²) < 4.78 is 83.0. The molecule has 0 atom stereocenters. The number of carbonyl (C=O) groups is 1. The average molecular weight is 442 g/mol. The van der Waals surface area contributed by atoms with Crippen LogP contribution < -0.4 is 20.9 Å². The fourth-order valence-electron chi connectivity index (χ4n) is 1.98. The molecule has 0 aliphatic rings. The van der Waals surface area contributed by atoms with Gasteiger partial charge in [-0.05, 0) is 36.4 Å². The molecule has 2 aromatic carbocycles. The van der Waals surface area contributed by atoms with E-state index in [-0.39, 0.29) is 22.5 Å². The Morgan fingerprint density at radius 3 is 1.83 bits per heavy atom. The predicted molar refractivity (Wildman–Crippen MR) is 92.3 cm³/mol. The molecule has 0 aromatic heterocycles. The molecule has 0 heterocycles. The van der Waals surface area contributed by atoms with E-state index in [9.17, 15) is 31.1 Å². The van der Waals surface area contributed by atoms with Gasteiger partial charge < -0.3 is 30.8 Å². The van der Waals surface area contributed by atoms with Gasteiger partial charge in [0.2, 0.25) is 0 Å². The van der Waals surface area contributed by atoms with Crippen LogP contribution in [0.2, 0.25) is 0 Å². The number of methoxy groups -OCH3 is 1. The molecule has 0 saturated heterocycles. The summed E-state index contributed by atoms with van der Waals surface area (Å²) >= 11 is 0. The highest BCUT2D eigenvalue weighted by Crippen LogP contribution is 2.29. The van der Waals surface area contributed by atoms with Gasteiger partial charge >= 0.3 is 18.7 Å². The minimum absolute atomic E-state index is 0.00215. The third-order valence-electron chi connectivity index (χ3n) is 3.12. The Hall–Kier alpha value is -3.35. The Bertz CT molecular complexity index is 871. The molecular formula is C17H16F6N2O5. The number of esters is 1. The van der Waals surface area contributed by atoms with Crippen molar-refractivity contribution in [1.82, 2.24) is 0 Å². The number of rotatable bonds is 4. The zero-order valence-corrected chi connectivity index (χ0v) is 15.2. The van der Waals surface area contributed by atoms with Crippen LogP contribution in [0.1, 0.15) is 15.9 Å². The molecule has 13 heteroatoms. The first kappa shape index (κ1) is 24.7. The van der Waals surface area contributed by atoms with Crippen LogP contribution in [0.15, 0.2) is 36.4 Å². The second kappa shape index (κ2) is 9.91. The molecule has 0 bridgehead atoms. The van der Waals surface area contributed by atoms with Gasteiger partial charge in [-0.2, -0.15) is 0 Å². The van der Waals surface area contributed by atoms with Crippen molar-refractivity contribution in [2.45, 2.75) is 19.3 Å². The Kier molecular flexibility index (Phi) is 8.16. The van der Waals surface area contributed by atoms with Crippen LogP contribution in [0.5, 0.6) is 11.5 Å². The monoisotopic (exact) mass is 442 g/mol. The lowest BCUT2D eigenvalue weighted by molar-refractivity contribution is -0.275. The van der Waals surface area contributed by atoms with Crippen molar-refractivity contribution in [3.63, 3.8) is 0 Å². The van der Waals surface area contributed by atoms with Crippen LogP contribution in [0.25, 0.3) is 0 Å². The summed E-state index contributed by atoms with van der Waals surface area (Å²) in [4.78, 5) is 11.1. The highest BCUT2D eigenvalue weighted by atomic mass is 19.4. The average Bonchev–Trinajstić information content (AvgIpc) is 2.62. The summed E-state index contributed by atoms with van der Waals surface area (Å²) in [5.74, 6) is -2.03. The lowest BCUT2D eigenvalue weighted by Gasteiger charge is -2.12. The van der Waals surface area contributed by atoms with Crippen LogP contribution in [-0.2, 0) is 11.3 Å². The molecule has 5 N–H and O–H groups in total. The van der Waals surface area contributed by atoms with Crippen molar-refractivity contribution in [2.75, 3.05) is 18.6 Å². The largest absolute Gasteiger partial charge is 0.573 e. The molecule has 0 saturated carbocycles. The van der Waals surface area contributed by atoms with Crippen molar-refractivity contribution >= 4 is 17.3 Å². The number of benzene rings is 2. The van der Waals surface area contributed by atoms with Gasteiger partial charge in [0, 0.05) is 16.9 Å². The van der Waals surface area contributed by atoms with E-state index in [0.29, 0.717) is 0 Å². The minimum Gasteiger partial charge on any atom is -0.465 e. The number of nitrogens with two attached hydrogens (primary N) is 2. The van der Waals surface area contributed by atoms with Crippen LogP contribution in [0.3, 0.4) is 0 Å². The van der Waals surface area contributed by atoms with E-state index in [0.717, 1.165) is 25.3 Å². The van der Waals surface area contributed by atoms with E-state index in [1.165, 1.54) is 18.2 Å². The standard InChI is InChI=1S/C9H8F3NO3.C8H8F3NO2/c1-15-8(14)6-4-5(13)2-3-7(6)16-9(10,11)12;9-8(10,11)14-7-2-1-6(12)3-5(7)4-13/h2-4H,13H2,1H3;1-3,13H,4,12H2. The topological polar surface area (TPSA) is 117 Å². The second-order valence-electron chi connectivity index (χ2n) is 5.37. The first-order valence-electron chi connectivity index (χ1n) is 7.74. The maximum Gasteiger partial charge on any atom is 0.573 e. The number of aliphatic hydroxyl groups excluding tert-OH is 1. The highest BCUT2D eigenvalue weighted by molar-refractivity contribution is 5.93. The maximum absolute atomic E-state index is 12.0. The molecule has 0 spiro atoms. The summed E-state index contributed by atoms with van der Waals surface area (Å²) in [7, 11) is 1.04. The number of anilines is 2. The summed E-state index contributed by atoms with van der Waals surface area (Å²) in [6.45, 7) is -0.559. The summed E-state index contributed by atoms with van der Waals surface area (Å²) in [6, 6.07) is 6.74. The van der Waals surface area contributed by atoms with E-state index in [1.807, 2.05) is 0 Å². The summed E-state index contributed by atoms with van der Waals surface area (Å²) in [6.07, 6.45) is -9.64. The van der Waals surface area contributed by atoms with E-state index < -0.39 is 36.8 Å². The quantitative estimate of drug-likeness (QED) is 0.376. The first-order valence-corrected chi connectivity index (χ1v) is 7.74. The maximum atomic E-state index is 12.0. The van der Waals surface area contributed by atoms with Gasteiger partial charge in [-0.15, -0.1) is 26.3 Å². The van der Waals surface area contributed by atoms with Crippen molar-refractivity contribution in [1.29, 1.82) is 0 Å². The number of aliphatic hydroxyl groups is 1. The number of nitrogen functional groups attached to an aromatic ring is 2. The van der Waals surface area contributed by atoms with Gasteiger partial charge in [0.1, 0.15) is 17.1 Å². The predicted octanol–water partition coefficient (Wildman–Crippen LogP) is 3.61. The Balaban J connectivity index is 0.000000303. The number of hydrogen-bond acceptors (Lipinski definition) is 7. The number of halogens is 6. The van der Waals surface area contributed by atoms with Crippen molar-refractivity contribution in [2.24, 2.45) is 0 Å². The first-order chi connectivity index (χ1) is 13.8. The second-order valence-corrected chi connectivity index (χ2v) is 5.37. The normalized spacial score (nSPS) is 11.2. The Morgan fingerprint density at radius 2 is 1.37 bits per heavy atom. The van der Waals surface area contributed by atoms with Crippen molar-refractivity contribution in [3.8, 4) is 11.5 Å². The molecule has 0 amide bonds. The summed E-state index contributed by atoms with van der Waals surface area (Å²) in [5, 5.41) is 8.74. The molecule has 0 unspecified atom stereocenters. The van der Waals surface area contributed by atoms with Gasteiger partial charge in [0.15, 0.2) is 0 Å². The smallest absolute Gasteiger partial charge is 0.465 e. The molecule has 0 fully saturated rings. The van der Waals surface area contributed by atoms with Crippen molar-refractivity contribution in [3.05, 3.63) is 47.5 Å². The number of carbonyl (C=O) groups excluding carboxylic acids is 1. The molecule has 0 radical (unpaired) electrons. The molecular weight excluding hydrogens is 426 g/mol. The van der Waals surface area contributed by atoms with Gasteiger partial charge in [0.25, 0.3) is 0 Å². The fourth-order valence-corrected chi connectivity index (χ4v) is 1.98. The molecule has 166 valence electrons. The molecule has 0 aliphatic carbocycles. The Labute approximate surface area is 165 Å². The van der Waals surface area contributed by atoms with Gasteiger partial charge in [0.05, 0.1) is 13.7 Å². The third-order valence-corrected chi connectivity index (χ3v) is 3.12. The molecule has 0 aliphatic heterocycles. The summed E-state index contributed by atoms with van der Waals surface area (Å²) in [5.41, 5.74) is 10.7. The number of alkyl halides is 6. The SMILES string of the molecule is COC(=O)c1cc(N)ccc1OC(F)(F)F.Nc1ccc(OC(F)(F)F)c(CO)c1. The van der Waals surface area contributed by atoms with Crippen LogP contribution in [0, 0.1) is 0 Å². The minimum atomic E-state index is -4.88. The molecule has 2 aromatic rings. The number of ether oxygens (including phenoxy) is 3. The molecule has 7 nitrogen and oxygen atoms in total. The fraction of sp³-hybridized carbons (Fsp3) is 0.235. The van der Waals surface area contributed by atoms with Crippen LogP contribution in [-0.4, -0.2) is 30.9 Å². The van der Waals surface area contributed by atoms with Crippen molar-refractivity contribution < 1.29 is 50.5 Å².